The van der Waals surface area contributed by atoms with Gasteiger partial charge in [0, 0.05) is 31.3 Å². The summed E-state index contributed by atoms with van der Waals surface area (Å²) in [6, 6.07) is 10.9. The molecule has 0 amide bonds. The fraction of sp³-hybridized carbons (Fsp3) is 0.438. The van der Waals surface area contributed by atoms with Crippen molar-refractivity contribution >= 4 is 10.9 Å². The molecule has 0 bridgehead atoms. The van der Waals surface area contributed by atoms with E-state index in [9.17, 15) is 0 Å². The molecule has 1 heterocycles. The van der Waals surface area contributed by atoms with Crippen LogP contribution in [0.3, 0.4) is 0 Å². The Bertz CT molecular complexity index is 508. The zero-order chi connectivity index (χ0) is 13.5. The van der Waals surface area contributed by atoms with Crippen LogP contribution in [0.2, 0.25) is 0 Å². The predicted molar refractivity (Wildman–Crippen MR) is 79.4 cm³/mol. The lowest BCUT2D eigenvalue weighted by molar-refractivity contribution is 0.183. The van der Waals surface area contributed by atoms with Gasteiger partial charge in [0.05, 0.1) is 5.52 Å². The van der Waals surface area contributed by atoms with E-state index in [1.807, 2.05) is 12.3 Å². The lowest BCUT2D eigenvalue weighted by atomic mass is 10.00. The Morgan fingerprint density at radius 3 is 2.89 bits per heavy atom. The number of nitrogens with zero attached hydrogens (tertiary/aromatic N) is 1. The molecule has 2 aromatic rings. The highest BCUT2D eigenvalue weighted by molar-refractivity contribution is 5.81. The first-order chi connectivity index (χ1) is 9.35. The first-order valence-electron chi connectivity index (χ1n) is 6.90. The molecule has 1 aromatic heterocycles. The van der Waals surface area contributed by atoms with Gasteiger partial charge >= 0.3 is 0 Å². The van der Waals surface area contributed by atoms with E-state index in [-0.39, 0.29) is 0 Å². The maximum Gasteiger partial charge on any atom is 0.0704 e. The van der Waals surface area contributed by atoms with Gasteiger partial charge < -0.3 is 10.1 Å². The molecule has 0 aliphatic heterocycles. The second-order valence-electron chi connectivity index (χ2n) is 4.73. The van der Waals surface area contributed by atoms with Gasteiger partial charge in [-0.15, -0.1) is 0 Å². The van der Waals surface area contributed by atoms with Crippen molar-refractivity contribution < 1.29 is 4.74 Å². The Labute approximate surface area is 115 Å². The highest BCUT2D eigenvalue weighted by Gasteiger charge is 2.10. The Balaban J connectivity index is 2.18. The zero-order valence-electron chi connectivity index (χ0n) is 11.7. The van der Waals surface area contributed by atoms with Gasteiger partial charge in [-0.2, -0.15) is 0 Å². The predicted octanol–water partition coefficient (Wildman–Crippen LogP) is 2.79. The summed E-state index contributed by atoms with van der Waals surface area (Å²) in [5, 5.41) is 4.79. The summed E-state index contributed by atoms with van der Waals surface area (Å²) in [5.41, 5.74) is 2.43. The van der Waals surface area contributed by atoms with Crippen LogP contribution in [0, 0.1) is 0 Å². The number of fused-ring (bicyclic) bond motifs is 1. The molecule has 0 aliphatic carbocycles. The van der Waals surface area contributed by atoms with Gasteiger partial charge in [-0.1, -0.05) is 25.1 Å². The molecule has 3 nitrogen and oxygen atoms in total. The van der Waals surface area contributed by atoms with E-state index in [0.717, 1.165) is 31.5 Å². The topological polar surface area (TPSA) is 34.1 Å². The molecule has 0 aliphatic rings. The van der Waals surface area contributed by atoms with Crippen LogP contribution in [0.25, 0.3) is 10.9 Å². The number of hydrogen-bond acceptors (Lipinski definition) is 3. The van der Waals surface area contributed by atoms with Gasteiger partial charge in [-0.25, -0.2) is 0 Å². The average Bonchev–Trinajstić information content (AvgIpc) is 2.45. The quantitative estimate of drug-likeness (QED) is 0.829. The number of hydrogen-bond donors (Lipinski definition) is 1. The lowest BCUT2D eigenvalue weighted by Gasteiger charge is -2.18. The van der Waals surface area contributed by atoms with E-state index >= 15 is 0 Å². The molecule has 102 valence electrons. The molecule has 2 rings (SSSR count). The molecule has 1 aromatic carbocycles. The van der Waals surface area contributed by atoms with Gasteiger partial charge in [0.15, 0.2) is 0 Å². The van der Waals surface area contributed by atoms with Crippen molar-refractivity contribution in [2.24, 2.45) is 0 Å². The third kappa shape index (κ3) is 3.75. The van der Waals surface area contributed by atoms with Crippen LogP contribution in [0.1, 0.15) is 18.9 Å². The smallest absolute Gasteiger partial charge is 0.0704 e. The van der Waals surface area contributed by atoms with E-state index in [2.05, 4.69) is 41.5 Å². The molecule has 0 saturated carbocycles. The highest BCUT2D eigenvalue weighted by Crippen LogP contribution is 2.18. The van der Waals surface area contributed by atoms with E-state index in [1.54, 1.807) is 7.11 Å². The molecule has 19 heavy (non-hydrogen) atoms. The minimum Gasteiger partial charge on any atom is -0.385 e. The Morgan fingerprint density at radius 1 is 1.26 bits per heavy atom. The summed E-state index contributed by atoms with van der Waals surface area (Å²) in [6.07, 6.45) is 3.94. The SMILES string of the molecule is CCNC(CCOC)Cc1ccnc2ccccc12. The fourth-order valence-corrected chi connectivity index (χ4v) is 2.42. The normalized spacial score (nSPS) is 12.7. The van der Waals surface area contributed by atoms with Crippen LogP contribution < -0.4 is 5.32 Å². The zero-order valence-corrected chi connectivity index (χ0v) is 11.7. The highest BCUT2D eigenvalue weighted by atomic mass is 16.5. The third-order valence-corrected chi connectivity index (χ3v) is 3.37. The summed E-state index contributed by atoms with van der Waals surface area (Å²) in [4.78, 5) is 4.41. The minimum absolute atomic E-state index is 0.454. The summed E-state index contributed by atoms with van der Waals surface area (Å²) in [5.74, 6) is 0. The van der Waals surface area contributed by atoms with Crippen molar-refractivity contribution in [3.8, 4) is 0 Å². The number of likely N-dealkylation sites (N-methyl/N-ethyl adjacent to an activating group) is 1. The number of nitrogens with one attached hydrogen (secondary N) is 1. The maximum absolute atomic E-state index is 5.19. The van der Waals surface area contributed by atoms with Crippen LogP contribution in [-0.4, -0.2) is 31.3 Å². The van der Waals surface area contributed by atoms with Crippen LogP contribution in [-0.2, 0) is 11.2 Å². The first kappa shape index (κ1) is 14.0. The van der Waals surface area contributed by atoms with Gasteiger partial charge in [0.2, 0.25) is 0 Å². The molecule has 0 fully saturated rings. The molecule has 3 heteroatoms. The number of para-hydroxylation sites is 1. The lowest BCUT2D eigenvalue weighted by Crippen LogP contribution is -2.32. The monoisotopic (exact) mass is 258 g/mol. The summed E-state index contributed by atoms with van der Waals surface area (Å²) < 4.78 is 5.19. The van der Waals surface area contributed by atoms with Crippen molar-refractivity contribution in [3.05, 3.63) is 42.1 Å². The van der Waals surface area contributed by atoms with Gasteiger partial charge in [0.25, 0.3) is 0 Å². The molecule has 1 unspecified atom stereocenters. The Hall–Kier alpha value is -1.45. The second-order valence-corrected chi connectivity index (χ2v) is 4.73. The number of ether oxygens (including phenoxy) is 1. The second kappa shape index (κ2) is 7.22. The largest absolute Gasteiger partial charge is 0.385 e. The van der Waals surface area contributed by atoms with Crippen molar-refractivity contribution in [1.29, 1.82) is 0 Å². The van der Waals surface area contributed by atoms with Crippen LogP contribution in [0.4, 0.5) is 0 Å². The molecule has 0 radical (unpaired) electrons. The molecule has 0 spiro atoms. The van der Waals surface area contributed by atoms with Crippen molar-refractivity contribution in [1.82, 2.24) is 10.3 Å². The van der Waals surface area contributed by atoms with Crippen LogP contribution in [0.15, 0.2) is 36.5 Å². The Kier molecular flexibility index (Phi) is 5.31. The minimum atomic E-state index is 0.454. The van der Waals surface area contributed by atoms with Crippen molar-refractivity contribution in [3.63, 3.8) is 0 Å². The summed E-state index contributed by atoms with van der Waals surface area (Å²) >= 11 is 0. The summed E-state index contributed by atoms with van der Waals surface area (Å²) in [6.45, 7) is 3.92. The third-order valence-electron chi connectivity index (χ3n) is 3.37. The fourth-order valence-electron chi connectivity index (χ4n) is 2.42. The number of benzene rings is 1. The number of methoxy groups -OCH3 is 1. The maximum atomic E-state index is 5.19. The Morgan fingerprint density at radius 2 is 2.11 bits per heavy atom. The number of rotatable bonds is 7. The van der Waals surface area contributed by atoms with Gasteiger partial charge in [-0.3, -0.25) is 4.98 Å². The number of aromatic nitrogens is 1. The molecule has 1 atom stereocenters. The van der Waals surface area contributed by atoms with E-state index < -0.39 is 0 Å². The number of pyridine rings is 1. The van der Waals surface area contributed by atoms with Crippen molar-refractivity contribution in [2.45, 2.75) is 25.8 Å². The molecule has 0 saturated heterocycles. The van der Waals surface area contributed by atoms with Crippen molar-refractivity contribution in [2.75, 3.05) is 20.3 Å². The summed E-state index contributed by atoms with van der Waals surface area (Å²) in [7, 11) is 1.75. The van der Waals surface area contributed by atoms with Crippen LogP contribution >= 0.6 is 0 Å². The van der Waals surface area contributed by atoms with Gasteiger partial charge in [0.1, 0.15) is 0 Å². The van der Waals surface area contributed by atoms with Gasteiger partial charge in [-0.05, 0) is 37.1 Å². The standard InChI is InChI=1S/C16H22N2O/c1-3-17-14(9-11-19-2)12-13-8-10-18-16-7-5-4-6-15(13)16/h4-8,10,14,17H,3,9,11-12H2,1-2H3. The molecule has 1 N–H and O–H groups in total. The molecular weight excluding hydrogens is 236 g/mol. The van der Waals surface area contributed by atoms with E-state index in [4.69, 9.17) is 4.74 Å². The van der Waals surface area contributed by atoms with Crippen LogP contribution in [0.5, 0.6) is 0 Å². The van der Waals surface area contributed by atoms with E-state index in [1.165, 1.54) is 10.9 Å². The molecular formula is C16H22N2O. The first-order valence-corrected chi connectivity index (χ1v) is 6.90. The average molecular weight is 258 g/mol. The van der Waals surface area contributed by atoms with E-state index in [0.29, 0.717) is 6.04 Å².